The Labute approximate surface area is 137 Å². The Morgan fingerprint density at radius 1 is 1.36 bits per heavy atom. The molecule has 0 radical (unpaired) electrons. The van der Waals surface area contributed by atoms with Crippen LogP contribution in [0, 0.1) is 0 Å². The van der Waals surface area contributed by atoms with Crippen molar-refractivity contribution in [2.45, 2.75) is 32.9 Å². The van der Waals surface area contributed by atoms with Gasteiger partial charge >= 0.3 is 5.97 Å². The number of esters is 1. The molecule has 7 heteroatoms. The first-order chi connectivity index (χ1) is 10.5. The number of ether oxygens (including phenoxy) is 1. The van der Waals surface area contributed by atoms with Gasteiger partial charge in [0.05, 0.1) is 20.1 Å². The van der Waals surface area contributed by atoms with Crippen molar-refractivity contribution >= 4 is 34.6 Å². The second-order valence-electron chi connectivity index (χ2n) is 4.99. The molecule has 0 saturated carbocycles. The molecule has 2 aromatic heterocycles. The van der Waals surface area contributed by atoms with E-state index in [1.165, 1.54) is 18.4 Å². The summed E-state index contributed by atoms with van der Waals surface area (Å²) in [5.74, 6) is -0.393. The molecule has 2 rings (SSSR count). The molecule has 0 aromatic carbocycles. The zero-order valence-corrected chi connectivity index (χ0v) is 14.4. The monoisotopic (exact) mass is 338 g/mol. The molecule has 0 unspecified atom stereocenters. The predicted molar refractivity (Wildman–Crippen MR) is 87.2 cm³/mol. The molecule has 5 nitrogen and oxygen atoms in total. The summed E-state index contributed by atoms with van der Waals surface area (Å²) < 4.78 is 4.65. The summed E-state index contributed by atoms with van der Waals surface area (Å²) in [6.45, 7) is 4.35. The highest BCUT2D eigenvalue weighted by Gasteiger charge is 2.20. The van der Waals surface area contributed by atoms with Crippen molar-refractivity contribution < 1.29 is 14.3 Å². The van der Waals surface area contributed by atoms with Crippen molar-refractivity contribution in [1.82, 2.24) is 9.88 Å². The molecular weight excluding hydrogens is 320 g/mol. The van der Waals surface area contributed by atoms with Crippen LogP contribution in [0.2, 0.25) is 0 Å². The van der Waals surface area contributed by atoms with E-state index in [-0.39, 0.29) is 17.6 Å². The maximum Gasteiger partial charge on any atom is 0.357 e. The number of methoxy groups -OCH3 is 1. The van der Waals surface area contributed by atoms with Gasteiger partial charge in [-0.15, -0.1) is 22.7 Å². The molecule has 0 atom stereocenters. The van der Waals surface area contributed by atoms with Gasteiger partial charge in [-0.2, -0.15) is 0 Å². The number of carbonyl (C=O) groups excluding carboxylic acids is 2. The average molecular weight is 338 g/mol. The fourth-order valence-corrected chi connectivity index (χ4v) is 3.41. The van der Waals surface area contributed by atoms with Crippen LogP contribution < -0.4 is 0 Å². The van der Waals surface area contributed by atoms with Gasteiger partial charge in [-0.25, -0.2) is 9.78 Å². The van der Waals surface area contributed by atoms with Crippen LogP contribution in [-0.4, -0.2) is 34.9 Å². The lowest BCUT2D eigenvalue weighted by Gasteiger charge is -2.25. The van der Waals surface area contributed by atoms with Crippen LogP contribution in [-0.2, 0) is 22.5 Å². The van der Waals surface area contributed by atoms with Crippen LogP contribution in [0.3, 0.4) is 0 Å². The summed E-state index contributed by atoms with van der Waals surface area (Å²) in [7, 11) is 1.33. The Kier molecular flexibility index (Phi) is 5.68. The normalized spacial score (nSPS) is 10.7. The van der Waals surface area contributed by atoms with E-state index in [0.717, 1.165) is 9.88 Å². The topological polar surface area (TPSA) is 59.5 Å². The van der Waals surface area contributed by atoms with Crippen LogP contribution in [0.15, 0.2) is 22.9 Å². The van der Waals surface area contributed by atoms with Gasteiger partial charge in [0.2, 0.25) is 5.91 Å². The van der Waals surface area contributed by atoms with E-state index in [9.17, 15) is 9.59 Å². The molecular formula is C15H18N2O3S2. The standard InChI is InChI=1S/C15H18N2O3S2/c1-10(2)17(14(18)7-11-5-4-6-21-11)8-13-16-12(9-22-13)15(19)20-3/h4-6,9-10H,7-8H2,1-3H3. The van der Waals surface area contributed by atoms with Gasteiger partial charge in [-0.1, -0.05) is 6.07 Å². The lowest BCUT2D eigenvalue weighted by atomic mass is 10.2. The van der Waals surface area contributed by atoms with E-state index >= 15 is 0 Å². The molecule has 0 saturated heterocycles. The zero-order valence-electron chi connectivity index (χ0n) is 12.7. The summed E-state index contributed by atoms with van der Waals surface area (Å²) in [6, 6.07) is 3.97. The third kappa shape index (κ3) is 4.14. The Morgan fingerprint density at radius 2 is 2.14 bits per heavy atom. The van der Waals surface area contributed by atoms with E-state index < -0.39 is 5.97 Å². The number of amides is 1. The van der Waals surface area contributed by atoms with Crippen LogP contribution in [0.1, 0.15) is 34.2 Å². The van der Waals surface area contributed by atoms with Gasteiger partial charge in [0, 0.05) is 16.3 Å². The third-order valence-electron chi connectivity index (χ3n) is 3.10. The Balaban J connectivity index is 2.06. The van der Waals surface area contributed by atoms with Crippen LogP contribution >= 0.6 is 22.7 Å². The van der Waals surface area contributed by atoms with E-state index in [1.54, 1.807) is 21.6 Å². The number of rotatable bonds is 6. The summed E-state index contributed by atoms with van der Waals surface area (Å²) in [5.41, 5.74) is 0.289. The van der Waals surface area contributed by atoms with Crippen LogP contribution in [0.4, 0.5) is 0 Å². The van der Waals surface area contributed by atoms with E-state index in [2.05, 4.69) is 9.72 Å². The molecule has 2 heterocycles. The first-order valence-corrected chi connectivity index (χ1v) is 8.61. The lowest BCUT2D eigenvalue weighted by molar-refractivity contribution is -0.132. The number of carbonyl (C=O) groups is 2. The highest BCUT2D eigenvalue weighted by atomic mass is 32.1. The van der Waals surface area contributed by atoms with Gasteiger partial charge in [0.1, 0.15) is 5.01 Å². The Morgan fingerprint density at radius 3 is 2.73 bits per heavy atom. The van der Waals surface area contributed by atoms with Crippen molar-refractivity contribution in [2.75, 3.05) is 7.11 Å². The highest BCUT2D eigenvalue weighted by molar-refractivity contribution is 7.10. The first-order valence-electron chi connectivity index (χ1n) is 6.85. The number of nitrogens with zero attached hydrogens (tertiary/aromatic N) is 2. The minimum absolute atomic E-state index is 0.0623. The minimum atomic E-state index is -0.455. The molecule has 0 aliphatic carbocycles. The zero-order chi connectivity index (χ0) is 16.1. The lowest BCUT2D eigenvalue weighted by Crippen LogP contribution is -2.37. The number of hydrogen-bond acceptors (Lipinski definition) is 6. The molecule has 1 amide bonds. The quantitative estimate of drug-likeness (QED) is 0.760. The first kappa shape index (κ1) is 16.6. The second kappa shape index (κ2) is 7.51. The Hall–Kier alpha value is -1.73. The predicted octanol–water partition coefficient (Wildman–Crippen LogP) is 2.97. The summed E-state index contributed by atoms with van der Waals surface area (Å²) in [6.07, 6.45) is 0.394. The van der Waals surface area contributed by atoms with Crippen molar-refractivity contribution in [2.24, 2.45) is 0 Å². The maximum atomic E-state index is 12.5. The van der Waals surface area contributed by atoms with E-state index in [4.69, 9.17) is 0 Å². The average Bonchev–Trinajstić information content (AvgIpc) is 3.14. The minimum Gasteiger partial charge on any atom is -0.464 e. The summed E-state index contributed by atoms with van der Waals surface area (Å²) >= 11 is 2.94. The molecule has 0 fully saturated rings. The number of hydrogen-bond donors (Lipinski definition) is 0. The van der Waals surface area contributed by atoms with Crippen molar-refractivity contribution in [3.63, 3.8) is 0 Å². The number of aromatic nitrogens is 1. The molecule has 2 aromatic rings. The van der Waals surface area contributed by atoms with Gasteiger partial charge in [-0.3, -0.25) is 4.79 Å². The highest BCUT2D eigenvalue weighted by Crippen LogP contribution is 2.17. The van der Waals surface area contributed by atoms with Crippen LogP contribution in [0.25, 0.3) is 0 Å². The van der Waals surface area contributed by atoms with Gasteiger partial charge in [0.15, 0.2) is 5.69 Å². The van der Waals surface area contributed by atoms with Gasteiger partial charge in [-0.05, 0) is 25.3 Å². The molecule has 0 bridgehead atoms. The van der Waals surface area contributed by atoms with Gasteiger partial charge < -0.3 is 9.64 Å². The van der Waals surface area contributed by atoms with Crippen LogP contribution in [0.5, 0.6) is 0 Å². The smallest absolute Gasteiger partial charge is 0.357 e. The molecule has 0 spiro atoms. The van der Waals surface area contributed by atoms with Crippen molar-refractivity contribution in [3.8, 4) is 0 Å². The van der Waals surface area contributed by atoms with E-state index in [0.29, 0.717) is 13.0 Å². The Bertz CT molecular complexity index is 635. The number of thiazole rings is 1. The molecule has 0 aliphatic heterocycles. The third-order valence-corrected chi connectivity index (χ3v) is 4.81. The molecule has 118 valence electrons. The number of thiophene rings is 1. The largest absolute Gasteiger partial charge is 0.464 e. The molecule has 22 heavy (non-hydrogen) atoms. The summed E-state index contributed by atoms with van der Waals surface area (Å²) in [5, 5.41) is 4.35. The van der Waals surface area contributed by atoms with E-state index in [1.807, 2.05) is 31.4 Å². The fraction of sp³-hybridized carbons (Fsp3) is 0.400. The molecule has 0 aliphatic rings. The second-order valence-corrected chi connectivity index (χ2v) is 6.96. The summed E-state index contributed by atoms with van der Waals surface area (Å²) in [4.78, 5) is 31.0. The fourth-order valence-electron chi connectivity index (χ4n) is 1.95. The van der Waals surface area contributed by atoms with Crippen molar-refractivity contribution in [3.05, 3.63) is 38.5 Å². The SMILES string of the molecule is COC(=O)c1csc(CN(C(=O)Cc2cccs2)C(C)C)n1. The maximum absolute atomic E-state index is 12.5. The van der Waals surface area contributed by atoms with Gasteiger partial charge in [0.25, 0.3) is 0 Å². The molecule has 0 N–H and O–H groups in total. The van der Waals surface area contributed by atoms with Crippen molar-refractivity contribution in [1.29, 1.82) is 0 Å².